The van der Waals surface area contributed by atoms with E-state index in [1.165, 1.54) is 24.3 Å². The van der Waals surface area contributed by atoms with Crippen LogP contribution in [0.2, 0.25) is 0 Å². The molecular formula is C25H23N5O4. The van der Waals surface area contributed by atoms with Crippen LogP contribution in [-0.2, 0) is 11.3 Å². The van der Waals surface area contributed by atoms with Gasteiger partial charge in [-0.3, -0.25) is 19.7 Å². The Bertz CT molecular complexity index is 1450. The van der Waals surface area contributed by atoms with Crippen LogP contribution in [0, 0.1) is 10.1 Å². The fourth-order valence-electron chi connectivity index (χ4n) is 3.92. The number of anilines is 1. The molecule has 9 heteroatoms. The molecule has 0 aliphatic heterocycles. The monoisotopic (exact) mass is 457 g/mol. The number of aryl methyl sites for hydroxylation is 1. The van der Waals surface area contributed by atoms with Crippen LogP contribution < -0.4 is 10.7 Å². The summed E-state index contributed by atoms with van der Waals surface area (Å²) in [4.78, 5) is 35.0. The summed E-state index contributed by atoms with van der Waals surface area (Å²) in [5, 5.41) is 19.9. The summed E-state index contributed by atoms with van der Waals surface area (Å²) in [7, 11) is 0. The van der Waals surface area contributed by atoms with Gasteiger partial charge in [0, 0.05) is 57.4 Å². The lowest BCUT2D eigenvalue weighted by molar-refractivity contribution is -0.384. The van der Waals surface area contributed by atoms with E-state index in [9.17, 15) is 19.7 Å². The van der Waals surface area contributed by atoms with E-state index < -0.39 is 10.8 Å². The van der Waals surface area contributed by atoms with E-state index in [-0.39, 0.29) is 23.6 Å². The highest BCUT2D eigenvalue weighted by Crippen LogP contribution is 2.31. The van der Waals surface area contributed by atoms with E-state index in [2.05, 4.69) is 39.5 Å². The van der Waals surface area contributed by atoms with Crippen molar-refractivity contribution in [2.75, 3.05) is 5.32 Å². The second kappa shape index (κ2) is 9.53. The first-order chi connectivity index (χ1) is 16.4. The Labute approximate surface area is 195 Å². The van der Waals surface area contributed by atoms with Crippen LogP contribution in [0.25, 0.3) is 21.8 Å². The first kappa shape index (κ1) is 22.7. The van der Waals surface area contributed by atoms with E-state index in [1.807, 2.05) is 30.3 Å². The number of hydrazone groups is 1. The van der Waals surface area contributed by atoms with Crippen molar-refractivity contribution in [3.05, 3.63) is 82.4 Å². The fourth-order valence-corrected chi connectivity index (χ4v) is 3.92. The number of aromatic nitrogens is 1. The lowest BCUT2D eigenvalue weighted by Crippen LogP contribution is -2.21. The lowest BCUT2D eigenvalue weighted by Gasteiger charge is -2.07. The molecule has 0 saturated heterocycles. The van der Waals surface area contributed by atoms with Crippen molar-refractivity contribution >= 4 is 50.7 Å². The van der Waals surface area contributed by atoms with Gasteiger partial charge in [0.05, 0.1) is 11.3 Å². The number of amides is 2. The quantitative estimate of drug-likeness (QED) is 0.234. The van der Waals surface area contributed by atoms with E-state index in [4.69, 9.17) is 0 Å². The average molecular weight is 457 g/mol. The van der Waals surface area contributed by atoms with Gasteiger partial charge in [-0.15, -0.1) is 0 Å². The molecule has 0 radical (unpaired) electrons. The van der Waals surface area contributed by atoms with Gasteiger partial charge in [-0.05, 0) is 44.2 Å². The largest absolute Gasteiger partial charge is 0.341 e. The highest BCUT2D eigenvalue weighted by atomic mass is 16.6. The second-order valence-corrected chi connectivity index (χ2v) is 7.81. The van der Waals surface area contributed by atoms with Crippen molar-refractivity contribution in [3.8, 4) is 0 Å². The molecule has 0 bridgehead atoms. The molecule has 0 unspecified atom stereocenters. The van der Waals surface area contributed by atoms with Crippen LogP contribution in [0.15, 0.2) is 71.8 Å². The minimum absolute atomic E-state index is 0.0238. The van der Waals surface area contributed by atoms with Crippen LogP contribution >= 0.6 is 0 Å². The Kier molecular flexibility index (Phi) is 6.35. The number of hydrogen-bond donors (Lipinski definition) is 2. The van der Waals surface area contributed by atoms with Crippen molar-refractivity contribution in [1.29, 1.82) is 0 Å². The number of para-hydroxylation sites is 1. The Hall–Kier alpha value is -4.53. The first-order valence-corrected chi connectivity index (χ1v) is 10.8. The summed E-state index contributed by atoms with van der Waals surface area (Å²) in [5.41, 5.74) is 5.55. The van der Waals surface area contributed by atoms with Gasteiger partial charge >= 0.3 is 0 Å². The summed E-state index contributed by atoms with van der Waals surface area (Å²) in [6.45, 7) is 4.56. The van der Waals surface area contributed by atoms with Gasteiger partial charge in [0.25, 0.3) is 11.6 Å². The van der Waals surface area contributed by atoms with Crippen molar-refractivity contribution in [2.24, 2.45) is 5.10 Å². The summed E-state index contributed by atoms with van der Waals surface area (Å²) in [6.07, 6.45) is -0.0238. The number of nitro groups is 1. The predicted molar refractivity (Wildman–Crippen MR) is 132 cm³/mol. The third-order valence-electron chi connectivity index (χ3n) is 5.46. The zero-order valence-corrected chi connectivity index (χ0v) is 18.7. The molecule has 0 spiro atoms. The van der Waals surface area contributed by atoms with Crippen LogP contribution in [0.4, 0.5) is 11.4 Å². The fraction of sp³-hybridized carbons (Fsp3) is 0.160. The van der Waals surface area contributed by atoms with Crippen molar-refractivity contribution < 1.29 is 14.5 Å². The Balaban J connectivity index is 1.43. The van der Waals surface area contributed by atoms with E-state index in [1.54, 1.807) is 6.92 Å². The summed E-state index contributed by atoms with van der Waals surface area (Å²) in [6, 6.07) is 19.3. The Morgan fingerprint density at radius 2 is 1.76 bits per heavy atom. The van der Waals surface area contributed by atoms with Crippen molar-refractivity contribution in [3.63, 3.8) is 0 Å². The molecule has 0 atom stereocenters. The van der Waals surface area contributed by atoms with Gasteiger partial charge < -0.3 is 9.88 Å². The molecule has 0 aliphatic carbocycles. The van der Waals surface area contributed by atoms with Gasteiger partial charge in [-0.2, -0.15) is 5.10 Å². The molecule has 4 aromatic rings. The van der Waals surface area contributed by atoms with Crippen LogP contribution in [0.1, 0.15) is 30.6 Å². The standard InChI is InChI=1S/C25H23N5O4/c1-3-29-22-10-5-4-9-20(22)21-15-18(11-12-23(21)29)26-24(31)13-16(2)27-28-25(32)17-7-6-8-19(14-17)30(33)34/h4-12,14-15H,3,13H2,1-2H3,(H,26,31)(H,28,32). The maximum Gasteiger partial charge on any atom is 0.271 e. The molecule has 172 valence electrons. The zero-order valence-electron chi connectivity index (χ0n) is 18.7. The number of non-ortho nitro benzene ring substituents is 1. The smallest absolute Gasteiger partial charge is 0.271 e. The number of rotatable bonds is 7. The SMILES string of the molecule is CCn1c2ccccc2c2cc(NC(=O)CC(C)=NNC(=O)c3cccc([N+](=O)[O-])c3)ccc21. The normalized spacial score (nSPS) is 11.5. The number of carbonyl (C=O) groups excluding carboxylic acids is 2. The third-order valence-corrected chi connectivity index (χ3v) is 5.46. The van der Waals surface area contributed by atoms with Gasteiger partial charge in [0.1, 0.15) is 0 Å². The molecule has 3 aromatic carbocycles. The Morgan fingerprint density at radius 1 is 1.00 bits per heavy atom. The van der Waals surface area contributed by atoms with Gasteiger partial charge in [-0.1, -0.05) is 24.3 Å². The number of fused-ring (bicyclic) bond motifs is 3. The van der Waals surface area contributed by atoms with Crippen LogP contribution in [0.5, 0.6) is 0 Å². The molecule has 2 amide bonds. The Morgan fingerprint density at radius 3 is 2.53 bits per heavy atom. The number of hydrogen-bond acceptors (Lipinski definition) is 5. The average Bonchev–Trinajstić information content (AvgIpc) is 3.15. The molecule has 1 heterocycles. The third kappa shape index (κ3) is 4.63. The topological polar surface area (TPSA) is 119 Å². The molecule has 1 aromatic heterocycles. The molecule has 4 rings (SSSR count). The molecule has 2 N–H and O–H groups in total. The van der Waals surface area contributed by atoms with Gasteiger partial charge in [0.2, 0.25) is 5.91 Å². The summed E-state index contributed by atoms with van der Waals surface area (Å²) < 4.78 is 2.23. The molecule has 0 fully saturated rings. The maximum atomic E-state index is 12.5. The highest BCUT2D eigenvalue weighted by Gasteiger charge is 2.13. The molecule has 9 nitrogen and oxygen atoms in total. The number of nitro benzene ring substituents is 1. The maximum absolute atomic E-state index is 12.5. The molecule has 34 heavy (non-hydrogen) atoms. The summed E-state index contributed by atoms with van der Waals surface area (Å²) >= 11 is 0. The highest BCUT2D eigenvalue weighted by molar-refractivity contribution is 6.11. The van der Waals surface area contributed by atoms with E-state index in [0.717, 1.165) is 28.4 Å². The molecule has 0 saturated carbocycles. The zero-order chi connectivity index (χ0) is 24.2. The second-order valence-electron chi connectivity index (χ2n) is 7.81. The van der Waals surface area contributed by atoms with E-state index in [0.29, 0.717) is 11.4 Å². The van der Waals surface area contributed by atoms with E-state index >= 15 is 0 Å². The number of nitrogens with one attached hydrogen (secondary N) is 2. The lowest BCUT2D eigenvalue weighted by atomic mass is 10.1. The van der Waals surface area contributed by atoms with Crippen LogP contribution in [0.3, 0.4) is 0 Å². The number of carbonyl (C=O) groups is 2. The summed E-state index contributed by atoms with van der Waals surface area (Å²) in [5.74, 6) is -0.870. The number of nitrogens with zero attached hydrogens (tertiary/aromatic N) is 3. The predicted octanol–water partition coefficient (Wildman–Crippen LogP) is 4.86. The molecule has 0 aliphatic rings. The number of benzene rings is 3. The van der Waals surface area contributed by atoms with Crippen molar-refractivity contribution in [1.82, 2.24) is 9.99 Å². The van der Waals surface area contributed by atoms with Gasteiger partial charge in [-0.25, -0.2) is 5.43 Å². The minimum atomic E-state index is -0.596. The first-order valence-electron chi connectivity index (χ1n) is 10.8. The van der Waals surface area contributed by atoms with Crippen molar-refractivity contribution in [2.45, 2.75) is 26.8 Å². The van der Waals surface area contributed by atoms with Crippen LogP contribution in [-0.4, -0.2) is 27.0 Å². The molecular weight excluding hydrogens is 434 g/mol. The minimum Gasteiger partial charge on any atom is -0.341 e. The van der Waals surface area contributed by atoms with Gasteiger partial charge in [0.15, 0.2) is 0 Å².